The van der Waals surface area contributed by atoms with Gasteiger partial charge in [-0.3, -0.25) is 10.1 Å². The van der Waals surface area contributed by atoms with Gasteiger partial charge in [0, 0.05) is 17.2 Å². The normalized spacial score (nSPS) is 14.9. The molecule has 5 heteroatoms. The summed E-state index contributed by atoms with van der Waals surface area (Å²) in [7, 11) is 0. The Morgan fingerprint density at radius 3 is 2.50 bits per heavy atom. The van der Waals surface area contributed by atoms with Crippen LogP contribution in [0.3, 0.4) is 0 Å². The minimum atomic E-state index is -2.46. The summed E-state index contributed by atoms with van der Waals surface area (Å²) < 4.78 is 13.0. The molecule has 0 aliphatic carbocycles. The molecule has 76 valence electrons. The van der Waals surface area contributed by atoms with Gasteiger partial charge in [0.1, 0.15) is 0 Å². The average Bonchev–Trinajstić information content (AvgIpc) is 2.01. The van der Waals surface area contributed by atoms with Crippen LogP contribution in [0.25, 0.3) is 0 Å². The van der Waals surface area contributed by atoms with Crippen LogP contribution in [0.1, 0.15) is 18.1 Å². The third-order valence-electron chi connectivity index (χ3n) is 1.92. The van der Waals surface area contributed by atoms with E-state index >= 15 is 0 Å². The number of nitro benzene ring substituents is 1. The van der Waals surface area contributed by atoms with Gasteiger partial charge in [-0.05, 0) is 26.0 Å². The van der Waals surface area contributed by atoms with E-state index in [-0.39, 0.29) is 11.3 Å². The topological polar surface area (TPSA) is 63.4 Å². The summed E-state index contributed by atoms with van der Waals surface area (Å²) in [5.74, 6) is -2.46. The van der Waals surface area contributed by atoms with Crippen molar-refractivity contribution in [2.45, 2.75) is 19.7 Å². The van der Waals surface area contributed by atoms with Crippen LogP contribution < -0.4 is 0 Å². The lowest BCUT2D eigenvalue weighted by atomic mass is 10.0. The van der Waals surface area contributed by atoms with Crippen LogP contribution in [-0.2, 0) is 5.85 Å². The Balaban J connectivity index is 3.20. The lowest BCUT2D eigenvalue weighted by molar-refractivity contribution is -0.385. The summed E-state index contributed by atoms with van der Waals surface area (Å²) >= 11 is 0. The van der Waals surface area contributed by atoms with E-state index < -0.39 is 10.8 Å². The maximum atomic E-state index is 13.0. The molecule has 0 saturated heterocycles. The number of aryl methyl sites for hydroxylation is 1. The fourth-order valence-electron chi connectivity index (χ4n) is 1.14. The standard InChI is InChI=1S/C9H10FNO3/c1-6-5-7(9(2,10)12)3-4-8(6)11(13)14/h3-5,12H,1-2H3. The van der Waals surface area contributed by atoms with E-state index in [1.165, 1.54) is 25.1 Å². The fourth-order valence-corrected chi connectivity index (χ4v) is 1.14. The van der Waals surface area contributed by atoms with E-state index in [0.29, 0.717) is 5.56 Å². The van der Waals surface area contributed by atoms with E-state index in [4.69, 9.17) is 5.11 Å². The molecule has 14 heavy (non-hydrogen) atoms. The minimum Gasteiger partial charge on any atom is -0.358 e. The molecule has 1 aromatic carbocycles. The van der Waals surface area contributed by atoms with E-state index in [1.54, 1.807) is 0 Å². The average molecular weight is 199 g/mol. The first-order valence-corrected chi connectivity index (χ1v) is 3.99. The third-order valence-corrected chi connectivity index (χ3v) is 1.92. The number of nitro groups is 1. The minimum absolute atomic E-state index is 0.0144. The molecule has 0 aromatic heterocycles. The van der Waals surface area contributed by atoms with E-state index in [2.05, 4.69) is 0 Å². The van der Waals surface area contributed by atoms with Gasteiger partial charge in [0.2, 0.25) is 5.85 Å². The van der Waals surface area contributed by atoms with Gasteiger partial charge in [0.15, 0.2) is 0 Å². The van der Waals surface area contributed by atoms with Crippen molar-refractivity contribution in [3.63, 3.8) is 0 Å². The zero-order valence-corrected chi connectivity index (χ0v) is 7.82. The summed E-state index contributed by atoms with van der Waals surface area (Å²) in [5, 5.41) is 19.4. The van der Waals surface area contributed by atoms with Gasteiger partial charge in [-0.15, -0.1) is 0 Å². The molecule has 0 radical (unpaired) electrons. The molecule has 0 saturated carbocycles. The van der Waals surface area contributed by atoms with Crippen molar-refractivity contribution in [3.05, 3.63) is 39.4 Å². The molecule has 0 amide bonds. The number of benzene rings is 1. The number of alkyl halides is 1. The summed E-state index contributed by atoms with van der Waals surface area (Å²) in [6, 6.07) is 3.64. The van der Waals surface area contributed by atoms with Crippen molar-refractivity contribution in [2.75, 3.05) is 0 Å². The van der Waals surface area contributed by atoms with Crippen molar-refractivity contribution in [2.24, 2.45) is 0 Å². The first-order valence-electron chi connectivity index (χ1n) is 3.99. The van der Waals surface area contributed by atoms with E-state index in [1.807, 2.05) is 0 Å². The fraction of sp³-hybridized carbons (Fsp3) is 0.333. The van der Waals surface area contributed by atoms with Crippen molar-refractivity contribution < 1.29 is 14.4 Å². The molecule has 0 heterocycles. The molecule has 0 aliphatic rings. The van der Waals surface area contributed by atoms with E-state index in [0.717, 1.165) is 6.92 Å². The maximum Gasteiger partial charge on any atom is 0.272 e. The molecule has 0 bridgehead atoms. The second kappa shape index (κ2) is 3.34. The molecule has 1 aromatic rings. The van der Waals surface area contributed by atoms with Crippen LogP contribution in [0.5, 0.6) is 0 Å². The van der Waals surface area contributed by atoms with Gasteiger partial charge in [-0.25, -0.2) is 4.39 Å². The van der Waals surface area contributed by atoms with Crippen molar-refractivity contribution >= 4 is 5.69 Å². The molecular formula is C9H10FNO3. The third kappa shape index (κ3) is 2.05. The molecule has 1 rings (SSSR count). The maximum absolute atomic E-state index is 13.0. The first-order chi connectivity index (χ1) is 6.32. The Morgan fingerprint density at radius 1 is 1.57 bits per heavy atom. The smallest absolute Gasteiger partial charge is 0.272 e. The number of aliphatic hydroxyl groups is 1. The van der Waals surface area contributed by atoms with Gasteiger partial charge < -0.3 is 5.11 Å². The van der Waals surface area contributed by atoms with E-state index in [9.17, 15) is 14.5 Å². The van der Waals surface area contributed by atoms with Gasteiger partial charge in [-0.2, -0.15) is 0 Å². The highest BCUT2D eigenvalue weighted by molar-refractivity contribution is 5.42. The Bertz CT molecular complexity index is 371. The van der Waals surface area contributed by atoms with Crippen LogP contribution in [0.2, 0.25) is 0 Å². The zero-order valence-electron chi connectivity index (χ0n) is 7.82. The van der Waals surface area contributed by atoms with Gasteiger partial charge in [-0.1, -0.05) is 0 Å². The Kier molecular flexibility index (Phi) is 2.53. The highest BCUT2D eigenvalue weighted by atomic mass is 19.2. The second-order valence-corrected chi connectivity index (χ2v) is 3.21. The summed E-state index contributed by atoms with van der Waals surface area (Å²) in [6.45, 7) is 2.47. The molecule has 1 unspecified atom stereocenters. The lowest BCUT2D eigenvalue weighted by Crippen LogP contribution is -2.13. The Hall–Kier alpha value is -1.49. The first kappa shape index (κ1) is 10.6. The quantitative estimate of drug-likeness (QED) is 0.585. The molecular weight excluding hydrogens is 189 g/mol. The summed E-state index contributed by atoms with van der Waals surface area (Å²) in [6.07, 6.45) is 0. The summed E-state index contributed by atoms with van der Waals surface area (Å²) in [5.41, 5.74) is 0.254. The SMILES string of the molecule is Cc1cc(C(C)(O)F)ccc1[N+](=O)[O-]. The zero-order chi connectivity index (χ0) is 10.9. The number of halogens is 1. The predicted molar refractivity (Wildman–Crippen MR) is 48.5 cm³/mol. The van der Waals surface area contributed by atoms with Crippen molar-refractivity contribution in [1.29, 1.82) is 0 Å². The lowest BCUT2D eigenvalue weighted by Gasteiger charge is -2.13. The number of rotatable bonds is 2. The second-order valence-electron chi connectivity index (χ2n) is 3.21. The molecule has 4 nitrogen and oxygen atoms in total. The number of nitrogens with zero attached hydrogens (tertiary/aromatic N) is 1. The molecule has 0 aliphatic heterocycles. The molecule has 1 N–H and O–H groups in total. The number of hydrogen-bond donors (Lipinski definition) is 1. The largest absolute Gasteiger partial charge is 0.358 e. The van der Waals surface area contributed by atoms with Crippen LogP contribution in [-0.4, -0.2) is 10.0 Å². The Labute approximate surface area is 80.1 Å². The van der Waals surface area contributed by atoms with Crippen LogP contribution >= 0.6 is 0 Å². The monoisotopic (exact) mass is 199 g/mol. The molecule has 0 spiro atoms. The van der Waals surface area contributed by atoms with Gasteiger partial charge in [0.05, 0.1) is 4.92 Å². The predicted octanol–water partition coefficient (Wildman–Crippen LogP) is 2.04. The number of hydrogen-bond acceptors (Lipinski definition) is 3. The van der Waals surface area contributed by atoms with Crippen LogP contribution in [0.15, 0.2) is 18.2 Å². The molecule has 0 fully saturated rings. The summed E-state index contributed by atoms with van der Waals surface area (Å²) in [4.78, 5) is 9.88. The highest BCUT2D eigenvalue weighted by Gasteiger charge is 2.23. The highest BCUT2D eigenvalue weighted by Crippen LogP contribution is 2.26. The van der Waals surface area contributed by atoms with Crippen LogP contribution in [0, 0.1) is 17.0 Å². The molecule has 1 atom stereocenters. The van der Waals surface area contributed by atoms with Crippen molar-refractivity contribution in [3.8, 4) is 0 Å². The van der Waals surface area contributed by atoms with Gasteiger partial charge in [0.25, 0.3) is 5.69 Å². The van der Waals surface area contributed by atoms with Crippen molar-refractivity contribution in [1.82, 2.24) is 0 Å². The van der Waals surface area contributed by atoms with Gasteiger partial charge >= 0.3 is 0 Å². The Morgan fingerprint density at radius 2 is 2.14 bits per heavy atom. The van der Waals surface area contributed by atoms with Crippen LogP contribution in [0.4, 0.5) is 10.1 Å².